The first-order valence-electron chi connectivity index (χ1n) is 9.32. The summed E-state index contributed by atoms with van der Waals surface area (Å²) >= 11 is 0. The number of hydrogen-bond donors (Lipinski definition) is 1. The van der Waals surface area contributed by atoms with E-state index < -0.39 is 0 Å². The molecule has 2 atom stereocenters. The lowest BCUT2D eigenvalue weighted by Crippen LogP contribution is -2.53. The summed E-state index contributed by atoms with van der Waals surface area (Å²) < 4.78 is 0. The summed E-state index contributed by atoms with van der Waals surface area (Å²) in [5, 5.41) is 3.71. The molecule has 2 unspecified atom stereocenters. The van der Waals surface area contributed by atoms with Crippen molar-refractivity contribution in [1.29, 1.82) is 0 Å². The topological polar surface area (TPSA) is 15.3 Å². The van der Waals surface area contributed by atoms with E-state index in [4.69, 9.17) is 0 Å². The molecule has 0 aromatic heterocycles. The van der Waals surface area contributed by atoms with Crippen LogP contribution in [0.25, 0.3) is 0 Å². The molecule has 2 heterocycles. The second-order valence-electron chi connectivity index (χ2n) is 7.52. The molecule has 0 amide bonds. The Morgan fingerprint density at radius 2 is 1.45 bits per heavy atom. The van der Waals surface area contributed by atoms with Crippen LogP contribution < -0.4 is 5.32 Å². The average molecular weight is 278 g/mol. The van der Waals surface area contributed by atoms with E-state index in [-0.39, 0.29) is 0 Å². The van der Waals surface area contributed by atoms with E-state index in [0.29, 0.717) is 0 Å². The largest absolute Gasteiger partial charge is 0.314 e. The average Bonchev–Trinajstić information content (AvgIpc) is 2.72. The number of nitrogens with one attached hydrogen (secondary N) is 1. The van der Waals surface area contributed by atoms with Gasteiger partial charge in [0.25, 0.3) is 0 Å². The van der Waals surface area contributed by atoms with E-state index in [1.807, 2.05) is 0 Å². The maximum Gasteiger partial charge on any atom is 0.0116 e. The van der Waals surface area contributed by atoms with Gasteiger partial charge in [0.05, 0.1) is 0 Å². The van der Waals surface area contributed by atoms with Crippen molar-refractivity contribution < 1.29 is 0 Å². The van der Waals surface area contributed by atoms with Crippen LogP contribution in [0.4, 0.5) is 0 Å². The molecule has 1 aliphatic carbocycles. The fourth-order valence-electron chi connectivity index (χ4n) is 5.40. The molecular formula is C18H34N2. The van der Waals surface area contributed by atoms with Crippen molar-refractivity contribution in [2.45, 2.75) is 102 Å². The highest BCUT2D eigenvalue weighted by Gasteiger charge is 2.44. The fraction of sp³-hybridized carbons (Fsp3) is 1.00. The van der Waals surface area contributed by atoms with Gasteiger partial charge in [0, 0.05) is 24.2 Å². The zero-order valence-electron chi connectivity index (χ0n) is 13.6. The molecule has 1 N–H and O–H groups in total. The molecule has 3 rings (SSSR count). The molecule has 2 bridgehead atoms. The lowest BCUT2D eigenvalue weighted by molar-refractivity contribution is 0.0428. The Bertz CT molecular complexity index is 282. The van der Waals surface area contributed by atoms with Gasteiger partial charge in [-0.1, -0.05) is 26.7 Å². The number of hydrogen-bond acceptors (Lipinski definition) is 2. The van der Waals surface area contributed by atoms with Gasteiger partial charge in [0.15, 0.2) is 0 Å². The van der Waals surface area contributed by atoms with Crippen LogP contribution in [-0.2, 0) is 0 Å². The molecule has 3 aliphatic rings. The van der Waals surface area contributed by atoms with Crippen LogP contribution in [0.2, 0.25) is 0 Å². The van der Waals surface area contributed by atoms with Gasteiger partial charge in [-0.2, -0.15) is 0 Å². The van der Waals surface area contributed by atoms with E-state index in [2.05, 4.69) is 24.1 Å². The van der Waals surface area contributed by atoms with E-state index in [1.165, 1.54) is 64.2 Å². The van der Waals surface area contributed by atoms with E-state index in [1.54, 1.807) is 0 Å². The maximum absolute atomic E-state index is 3.71. The standard InChI is InChI=1S/C18H34N2/c1-3-5-14-6-8-16(9-7-14)20-17-10-11-18(20)13-15(12-17)19-4-2/h14-19H,3-13H2,1-2H3. The van der Waals surface area contributed by atoms with Crippen LogP contribution in [0.15, 0.2) is 0 Å². The highest BCUT2D eigenvalue weighted by Crippen LogP contribution is 2.41. The summed E-state index contributed by atoms with van der Waals surface area (Å²) in [5.41, 5.74) is 0. The van der Waals surface area contributed by atoms with Crippen molar-refractivity contribution in [2.75, 3.05) is 6.54 Å². The first-order chi connectivity index (χ1) is 9.81. The molecule has 1 saturated carbocycles. The second kappa shape index (κ2) is 6.79. The summed E-state index contributed by atoms with van der Waals surface area (Å²) in [4.78, 5) is 2.98. The minimum atomic E-state index is 0.810. The lowest BCUT2D eigenvalue weighted by atomic mass is 9.81. The van der Waals surface area contributed by atoms with E-state index in [0.717, 1.165) is 36.6 Å². The molecule has 3 fully saturated rings. The Morgan fingerprint density at radius 3 is 2.00 bits per heavy atom. The van der Waals surface area contributed by atoms with Crippen molar-refractivity contribution in [1.82, 2.24) is 10.2 Å². The highest BCUT2D eigenvalue weighted by molar-refractivity contribution is 5.00. The van der Waals surface area contributed by atoms with Crippen LogP contribution in [0.5, 0.6) is 0 Å². The Morgan fingerprint density at radius 1 is 0.850 bits per heavy atom. The Labute approximate surface area is 125 Å². The van der Waals surface area contributed by atoms with E-state index >= 15 is 0 Å². The molecule has 2 heteroatoms. The predicted octanol–water partition coefficient (Wildman–Crippen LogP) is 3.95. The number of fused-ring (bicyclic) bond motifs is 2. The van der Waals surface area contributed by atoms with Gasteiger partial charge in [-0.25, -0.2) is 0 Å². The predicted molar refractivity (Wildman–Crippen MR) is 86.0 cm³/mol. The van der Waals surface area contributed by atoms with Crippen LogP contribution in [-0.4, -0.2) is 35.6 Å². The smallest absolute Gasteiger partial charge is 0.0116 e. The van der Waals surface area contributed by atoms with Gasteiger partial charge in [-0.15, -0.1) is 0 Å². The molecule has 0 aromatic rings. The summed E-state index contributed by atoms with van der Waals surface area (Å²) in [6.45, 7) is 5.74. The normalized spacial score (nSPS) is 42.0. The summed E-state index contributed by atoms with van der Waals surface area (Å²) in [6, 6.07) is 3.56. The molecule has 2 aliphatic heterocycles. The van der Waals surface area contributed by atoms with Gasteiger partial charge >= 0.3 is 0 Å². The first kappa shape index (κ1) is 14.8. The summed E-state index contributed by atoms with van der Waals surface area (Å²) in [6.07, 6.45) is 14.6. The van der Waals surface area contributed by atoms with Gasteiger partial charge in [0.2, 0.25) is 0 Å². The molecule has 0 spiro atoms. The van der Waals surface area contributed by atoms with Crippen molar-refractivity contribution in [2.24, 2.45) is 5.92 Å². The maximum atomic E-state index is 3.71. The number of nitrogens with zero attached hydrogens (tertiary/aromatic N) is 1. The number of piperidine rings is 1. The van der Waals surface area contributed by atoms with Gasteiger partial charge < -0.3 is 5.32 Å². The van der Waals surface area contributed by atoms with Crippen molar-refractivity contribution >= 4 is 0 Å². The molecule has 0 aromatic carbocycles. The fourth-order valence-corrected chi connectivity index (χ4v) is 5.40. The lowest BCUT2D eigenvalue weighted by Gasteiger charge is -2.46. The third-order valence-electron chi connectivity index (χ3n) is 6.22. The quantitative estimate of drug-likeness (QED) is 0.819. The van der Waals surface area contributed by atoms with Crippen LogP contribution >= 0.6 is 0 Å². The zero-order valence-corrected chi connectivity index (χ0v) is 13.6. The Kier molecular flexibility index (Phi) is 5.04. The third-order valence-corrected chi connectivity index (χ3v) is 6.22. The van der Waals surface area contributed by atoms with Gasteiger partial charge in [0.1, 0.15) is 0 Å². The molecular weight excluding hydrogens is 244 g/mol. The minimum Gasteiger partial charge on any atom is -0.314 e. The van der Waals surface area contributed by atoms with E-state index in [9.17, 15) is 0 Å². The van der Waals surface area contributed by atoms with Crippen molar-refractivity contribution in [3.63, 3.8) is 0 Å². The molecule has 116 valence electrons. The van der Waals surface area contributed by atoms with Gasteiger partial charge in [-0.05, 0) is 63.8 Å². The molecule has 0 radical (unpaired) electrons. The Hall–Kier alpha value is -0.0800. The molecule has 20 heavy (non-hydrogen) atoms. The third kappa shape index (κ3) is 3.06. The SMILES string of the molecule is CCCC1CCC(N2C3CCC2CC(NCC)C3)CC1. The van der Waals surface area contributed by atoms with Crippen molar-refractivity contribution in [3.8, 4) is 0 Å². The summed E-state index contributed by atoms with van der Waals surface area (Å²) in [7, 11) is 0. The monoisotopic (exact) mass is 278 g/mol. The first-order valence-corrected chi connectivity index (χ1v) is 9.32. The second-order valence-corrected chi connectivity index (χ2v) is 7.52. The number of rotatable bonds is 5. The zero-order chi connectivity index (χ0) is 13.9. The van der Waals surface area contributed by atoms with Crippen LogP contribution in [0, 0.1) is 5.92 Å². The van der Waals surface area contributed by atoms with Crippen LogP contribution in [0.3, 0.4) is 0 Å². The van der Waals surface area contributed by atoms with Gasteiger partial charge in [-0.3, -0.25) is 4.90 Å². The summed E-state index contributed by atoms with van der Waals surface area (Å²) in [5.74, 6) is 1.05. The molecule has 2 nitrogen and oxygen atoms in total. The highest BCUT2D eigenvalue weighted by atomic mass is 15.3. The molecule has 2 saturated heterocycles. The van der Waals surface area contributed by atoms with Crippen molar-refractivity contribution in [3.05, 3.63) is 0 Å². The Balaban J connectivity index is 1.54. The minimum absolute atomic E-state index is 0.810. The van der Waals surface area contributed by atoms with Crippen LogP contribution in [0.1, 0.15) is 78.1 Å².